The zero-order valence-corrected chi connectivity index (χ0v) is 15.8. The molecule has 0 unspecified atom stereocenters. The normalized spacial score (nSPS) is 9.66. The first-order valence-corrected chi connectivity index (χ1v) is 9.22. The van der Waals surface area contributed by atoms with Crippen LogP contribution < -0.4 is 16.0 Å². The molecule has 0 aliphatic rings. The fourth-order valence-electron chi connectivity index (χ4n) is 2.55. The molecule has 0 radical (unpaired) electrons. The van der Waals surface area contributed by atoms with Crippen molar-refractivity contribution in [3.63, 3.8) is 0 Å². The SMILES string of the molecule is O=C(CNc1cccc(C#Cc2ccccc2)c1)NC(=O)NCc1ccccc1. The van der Waals surface area contributed by atoms with Crippen LogP contribution in [0.25, 0.3) is 0 Å². The average molecular weight is 383 g/mol. The van der Waals surface area contributed by atoms with Crippen molar-refractivity contribution >= 4 is 17.6 Å². The van der Waals surface area contributed by atoms with Gasteiger partial charge in [-0.1, -0.05) is 66.4 Å². The summed E-state index contributed by atoms with van der Waals surface area (Å²) < 4.78 is 0. The molecule has 144 valence electrons. The molecule has 3 amide bonds. The minimum absolute atomic E-state index is 0.0195. The van der Waals surface area contributed by atoms with Crippen molar-refractivity contribution in [1.82, 2.24) is 10.6 Å². The number of amides is 3. The Morgan fingerprint density at radius 3 is 2.17 bits per heavy atom. The van der Waals surface area contributed by atoms with Crippen molar-refractivity contribution in [2.75, 3.05) is 11.9 Å². The summed E-state index contributed by atoms with van der Waals surface area (Å²) in [6.07, 6.45) is 0. The fraction of sp³-hybridized carbons (Fsp3) is 0.0833. The lowest BCUT2D eigenvalue weighted by Crippen LogP contribution is -2.41. The Labute approximate surface area is 170 Å². The third-order valence-corrected chi connectivity index (χ3v) is 3.99. The quantitative estimate of drug-likeness (QED) is 0.591. The topological polar surface area (TPSA) is 70.2 Å². The summed E-state index contributed by atoms with van der Waals surface area (Å²) in [5.41, 5.74) is 3.48. The largest absolute Gasteiger partial charge is 0.376 e. The van der Waals surface area contributed by atoms with Gasteiger partial charge in [0.15, 0.2) is 0 Å². The zero-order chi connectivity index (χ0) is 20.3. The van der Waals surface area contributed by atoms with Crippen LogP contribution in [0.2, 0.25) is 0 Å². The van der Waals surface area contributed by atoms with E-state index in [1.807, 2.05) is 84.9 Å². The molecule has 0 aromatic heterocycles. The Morgan fingerprint density at radius 1 is 0.759 bits per heavy atom. The molecule has 0 fully saturated rings. The summed E-state index contributed by atoms with van der Waals surface area (Å²) in [7, 11) is 0. The van der Waals surface area contributed by atoms with Gasteiger partial charge in [0.1, 0.15) is 0 Å². The number of imide groups is 1. The van der Waals surface area contributed by atoms with Gasteiger partial charge in [0, 0.05) is 23.4 Å². The Kier molecular flexibility index (Phi) is 7.03. The Bertz CT molecular complexity index is 1020. The molecular formula is C24H21N3O2. The highest BCUT2D eigenvalue weighted by atomic mass is 16.2. The maximum Gasteiger partial charge on any atom is 0.321 e. The van der Waals surface area contributed by atoms with Gasteiger partial charge in [0.05, 0.1) is 6.54 Å². The summed E-state index contributed by atoms with van der Waals surface area (Å²) in [6.45, 7) is 0.337. The first-order valence-electron chi connectivity index (χ1n) is 9.22. The highest BCUT2D eigenvalue weighted by Crippen LogP contribution is 2.09. The lowest BCUT2D eigenvalue weighted by atomic mass is 10.1. The predicted molar refractivity (Wildman–Crippen MR) is 114 cm³/mol. The molecule has 0 aliphatic heterocycles. The maximum atomic E-state index is 12.0. The number of rotatable bonds is 5. The summed E-state index contributed by atoms with van der Waals surface area (Å²) in [5.74, 6) is 5.78. The Morgan fingerprint density at radius 2 is 1.41 bits per heavy atom. The smallest absolute Gasteiger partial charge is 0.321 e. The molecule has 0 saturated carbocycles. The lowest BCUT2D eigenvalue weighted by Gasteiger charge is -2.09. The summed E-state index contributed by atoms with van der Waals surface area (Å²) in [6, 6.07) is 26.2. The van der Waals surface area contributed by atoms with Crippen LogP contribution in [0, 0.1) is 11.8 Å². The number of anilines is 1. The Hall–Kier alpha value is -4.04. The second-order valence-corrected chi connectivity index (χ2v) is 6.27. The van der Waals surface area contributed by atoms with Crippen molar-refractivity contribution in [2.45, 2.75) is 6.54 Å². The number of urea groups is 1. The van der Waals surface area contributed by atoms with Crippen LogP contribution in [-0.2, 0) is 11.3 Å². The van der Waals surface area contributed by atoms with Crippen molar-refractivity contribution in [2.24, 2.45) is 0 Å². The van der Waals surface area contributed by atoms with Crippen LogP contribution in [0.4, 0.5) is 10.5 Å². The van der Waals surface area contributed by atoms with E-state index in [1.165, 1.54) is 0 Å². The van der Waals surface area contributed by atoms with E-state index < -0.39 is 11.9 Å². The molecule has 0 spiro atoms. The summed E-state index contributed by atoms with van der Waals surface area (Å²) >= 11 is 0. The molecule has 5 nitrogen and oxygen atoms in total. The van der Waals surface area contributed by atoms with Gasteiger partial charge >= 0.3 is 6.03 Å². The molecule has 5 heteroatoms. The second kappa shape index (κ2) is 10.3. The van der Waals surface area contributed by atoms with Crippen molar-refractivity contribution in [3.8, 4) is 11.8 Å². The van der Waals surface area contributed by atoms with Crippen molar-refractivity contribution in [3.05, 3.63) is 102 Å². The van der Waals surface area contributed by atoms with E-state index >= 15 is 0 Å². The molecule has 29 heavy (non-hydrogen) atoms. The van der Waals surface area contributed by atoms with E-state index in [-0.39, 0.29) is 6.54 Å². The molecule has 0 heterocycles. The van der Waals surface area contributed by atoms with Crippen molar-refractivity contribution < 1.29 is 9.59 Å². The molecule has 0 bridgehead atoms. The average Bonchev–Trinajstić information content (AvgIpc) is 2.77. The number of carbonyl (C=O) groups is 2. The highest BCUT2D eigenvalue weighted by molar-refractivity contribution is 5.96. The molecule has 3 aromatic carbocycles. The van der Waals surface area contributed by atoms with Crippen LogP contribution in [-0.4, -0.2) is 18.5 Å². The van der Waals surface area contributed by atoms with E-state index in [9.17, 15) is 9.59 Å². The van der Waals surface area contributed by atoms with Crippen LogP contribution in [0.15, 0.2) is 84.9 Å². The van der Waals surface area contributed by atoms with Gasteiger partial charge < -0.3 is 10.6 Å². The van der Waals surface area contributed by atoms with E-state index in [2.05, 4.69) is 27.8 Å². The van der Waals surface area contributed by atoms with E-state index in [1.54, 1.807) is 0 Å². The number of carbonyl (C=O) groups excluding carboxylic acids is 2. The van der Waals surface area contributed by atoms with Gasteiger partial charge in [0.2, 0.25) is 5.91 Å². The second-order valence-electron chi connectivity index (χ2n) is 6.27. The van der Waals surface area contributed by atoms with Crippen molar-refractivity contribution in [1.29, 1.82) is 0 Å². The minimum atomic E-state index is -0.525. The third kappa shape index (κ3) is 6.89. The summed E-state index contributed by atoms with van der Waals surface area (Å²) in [4.78, 5) is 23.8. The van der Waals surface area contributed by atoms with E-state index in [0.717, 1.165) is 22.4 Å². The molecule has 0 saturated heterocycles. The van der Waals surface area contributed by atoms with Crippen LogP contribution in [0.1, 0.15) is 16.7 Å². The van der Waals surface area contributed by atoms with Gasteiger partial charge in [0.25, 0.3) is 0 Å². The monoisotopic (exact) mass is 383 g/mol. The van der Waals surface area contributed by atoms with Gasteiger partial charge in [-0.15, -0.1) is 0 Å². The number of hydrogen-bond acceptors (Lipinski definition) is 3. The molecule has 0 atom stereocenters. The summed E-state index contributed by atoms with van der Waals surface area (Å²) in [5, 5.41) is 7.96. The van der Waals surface area contributed by atoms with Crippen LogP contribution >= 0.6 is 0 Å². The van der Waals surface area contributed by atoms with Gasteiger partial charge in [-0.05, 0) is 35.9 Å². The van der Waals surface area contributed by atoms with E-state index in [0.29, 0.717) is 6.54 Å². The Balaban J connectivity index is 1.46. The first kappa shape index (κ1) is 19.7. The van der Waals surface area contributed by atoms with Crippen LogP contribution in [0.5, 0.6) is 0 Å². The lowest BCUT2D eigenvalue weighted by molar-refractivity contribution is -0.118. The van der Waals surface area contributed by atoms with E-state index in [4.69, 9.17) is 0 Å². The molecule has 0 aliphatic carbocycles. The van der Waals surface area contributed by atoms with Gasteiger partial charge in [-0.2, -0.15) is 0 Å². The molecular weight excluding hydrogens is 362 g/mol. The number of hydrogen-bond donors (Lipinski definition) is 3. The van der Waals surface area contributed by atoms with Gasteiger partial charge in [-0.3, -0.25) is 10.1 Å². The number of benzene rings is 3. The standard InChI is InChI=1S/C24H21N3O2/c28-23(27-24(29)26-17-21-10-5-2-6-11-21)18-25-22-13-7-12-20(16-22)15-14-19-8-3-1-4-9-19/h1-13,16,25H,17-18H2,(H2,26,27,28,29). The minimum Gasteiger partial charge on any atom is -0.376 e. The predicted octanol–water partition coefficient (Wildman–Crippen LogP) is 3.52. The third-order valence-electron chi connectivity index (χ3n) is 3.99. The zero-order valence-electron chi connectivity index (χ0n) is 15.8. The highest BCUT2D eigenvalue weighted by Gasteiger charge is 2.07. The first-order chi connectivity index (χ1) is 14.2. The maximum absolute atomic E-state index is 12.0. The molecule has 3 N–H and O–H groups in total. The molecule has 3 rings (SSSR count). The number of nitrogens with one attached hydrogen (secondary N) is 3. The fourth-order valence-corrected chi connectivity index (χ4v) is 2.55. The molecule has 3 aromatic rings. The van der Waals surface area contributed by atoms with Gasteiger partial charge in [-0.25, -0.2) is 4.79 Å². The van der Waals surface area contributed by atoms with Crippen LogP contribution in [0.3, 0.4) is 0 Å².